The lowest BCUT2D eigenvalue weighted by molar-refractivity contribution is -0.135. The van der Waals surface area contributed by atoms with Gasteiger partial charge in [-0.3, -0.25) is 9.59 Å². The van der Waals surface area contributed by atoms with Crippen molar-refractivity contribution in [3.63, 3.8) is 0 Å². The van der Waals surface area contributed by atoms with Crippen LogP contribution in [0.15, 0.2) is 64.1 Å². The summed E-state index contributed by atoms with van der Waals surface area (Å²) in [6, 6.07) is 15.5. The van der Waals surface area contributed by atoms with E-state index >= 15 is 0 Å². The number of anilines is 1. The summed E-state index contributed by atoms with van der Waals surface area (Å²) in [5.41, 5.74) is 1.76. The van der Waals surface area contributed by atoms with E-state index in [0.717, 1.165) is 26.0 Å². The highest BCUT2D eigenvalue weighted by Crippen LogP contribution is 2.30. The highest BCUT2D eigenvalue weighted by atomic mass is 79.9. The number of nitrogens with zero attached hydrogens (tertiary/aromatic N) is 2. The Morgan fingerprint density at radius 2 is 1.80 bits per heavy atom. The molecule has 4 rings (SSSR count). The molecule has 3 aromatic rings. The van der Waals surface area contributed by atoms with Gasteiger partial charge in [-0.1, -0.05) is 34.1 Å². The van der Waals surface area contributed by atoms with E-state index in [2.05, 4.69) is 21.2 Å². The molecule has 0 unspecified atom stereocenters. The monoisotopic (exact) mass is 487 g/mol. The number of carbonyl (C=O) groups is 2. The van der Waals surface area contributed by atoms with Crippen molar-refractivity contribution in [2.45, 2.75) is 11.4 Å². The third-order valence-corrected chi connectivity index (χ3v) is 6.48. The van der Waals surface area contributed by atoms with Gasteiger partial charge in [0.05, 0.1) is 19.0 Å². The Balaban J connectivity index is 1.44. The number of ether oxygens (including phenoxy) is 1. The molecule has 0 atom stereocenters. The second-order valence-electron chi connectivity index (χ2n) is 6.98. The van der Waals surface area contributed by atoms with Gasteiger partial charge in [-0.2, -0.15) is 0 Å². The number of rotatable bonds is 6. The summed E-state index contributed by atoms with van der Waals surface area (Å²) in [5.74, 6) is 0.314. The van der Waals surface area contributed by atoms with Crippen molar-refractivity contribution in [1.29, 1.82) is 0 Å². The normalized spacial score (nSPS) is 14.1. The molecule has 8 heteroatoms. The minimum Gasteiger partial charge on any atom is -0.378 e. The van der Waals surface area contributed by atoms with Crippen molar-refractivity contribution >= 4 is 56.1 Å². The Kier molecular flexibility index (Phi) is 6.76. The zero-order valence-corrected chi connectivity index (χ0v) is 18.7. The van der Waals surface area contributed by atoms with E-state index in [1.54, 1.807) is 0 Å². The van der Waals surface area contributed by atoms with E-state index in [0.29, 0.717) is 32.1 Å². The van der Waals surface area contributed by atoms with Crippen molar-refractivity contribution < 1.29 is 14.3 Å². The Morgan fingerprint density at radius 1 is 1.07 bits per heavy atom. The van der Waals surface area contributed by atoms with E-state index in [9.17, 15) is 9.59 Å². The highest BCUT2D eigenvalue weighted by molar-refractivity contribution is 9.10. The van der Waals surface area contributed by atoms with Crippen LogP contribution in [0.1, 0.15) is 0 Å². The van der Waals surface area contributed by atoms with Gasteiger partial charge in [0, 0.05) is 45.2 Å². The van der Waals surface area contributed by atoms with Gasteiger partial charge in [-0.15, -0.1) is 11.8 Å². The number of nitrogens with one attached hydrogen (secondary N) is 1. The standard InChI is InChI=1S/C22H22BrN3O3S/c23-16-5-7-17(8-6-16)24-21(27)15-30-20-13-26(19-4-2-1-3-18(19)20)14-22(28)25-9-11-29-12-10-25/h1-8,13H,9-12,14-15H2,(H,24,27). The van der Waals surface area contributed by atoms with Crippen LogP contribution in [0.3, 0.4) is 0 Å². The molecule has 2 heterocycles. The number of aromatic nitrogens is 1. The second kappa shape index (κ2) is 9.68. The van der Waals surface area contributed by atoms with Crippen LogP contribution in [0.4, 0.5) is 5.69 Å². The van der Waals surface area contributed by atoms with Crippen molar-refractivity contribution in [2.75, 3.05) is 37.4 Å². The quantitative estimate of drug-likeness (QED) is 0.533. The van der Waals surface area contributed by atoms with Gasteiger partial charge < -0.3 is 19.5 Å². The fourth-order valence-electron chi connectivity index (χ4n) is 3.39. The summed E-state index contributed by atoms with van der Waals surface area (Å²) < 4.78 is 8.27. The number of halogens is 1. The third-order valence-electron chi connectivity index (χ3n) is 4.91. The molecule has 156 valence electrons. The smallest absolute Gasteiger partial charge is 0.242 e. The molecule has 2 amide bonds. The fraction of sp³-hybridized carbons (Fsp3) is 0.273. The molecule has 6 nitrogen and oxygen atoms in total. The first-order chi connectivity index (χ1) is 14.6. The number of hydrogen-bond acceptors (Lipinski definition) is 4. The summed E-state index contributed by atoms with van der Waals surface area (Å²) in [6.45, 7) is 2.73. The Morgan fingerprint density at radius 3 is 2.57 bits per heavy atom. The highest BCUT2D eigenvalue weighted by Gasteiger charge is 2.19. The average Bonchev–Trinajstić information content (AvgIpc) is 3.12. The maximum Gasteiger partial charge on any atom is 0.242 e. The van der Waals surface area contributed by atoms with Gasteiger partial charge in [0.15, 0.2) is 0 Å². The van der Waals surface area contributed by atoms with Crippen molar-refractivity contribution in [3.8, 4) is 0 Å². The van der Waals surface area contributed by atoms with Crippen LogP contribution in [-0.2, 0) is 20.9 Å². The predicted molar refractivity (Wildman–Crippen MR) is 123 cm³/mol. The van der Waals surface area contributed by atoms with Crippen molar-refractivity contribution in [2.24, 2.45) is 0 Å². The van der Waals surface area contributed by atoms with Crippen molar-refractivity contribution in [1.82, 2.24) is 9.47 Å². The molecular weight excluding hydrogens is 466 g/mol. The first-order valence-corrected chi connectivity index (χ1v) is 11.5. The number of benzene rings is 2. The van der Waals surface area contributed by atoms with Gasteiger partial charge in [0.2, 0.25) is 11.8 Å². The van der Waals surface area contributed by atoms with Gasteiger partial charge in [0.25, 0.3) is 0 Å². The number of morpholine rings is 1. The van der Waals surface area contributed by atoms with Crippen LogP contribution in [-0.4, -0.2) is 53.3 Å². The number of para-hydroxylation sites is 1. The van der Waals surface area contributed by atoms with E-state index in [-0.39, 0.29) is 18.4 Å². The molecule has 1 aromatic heterocycles. The topological polar surface area (TPSA) is 63.6 Å². The molecule has 0 spiro atoms. The Bertz CT molecular complexity index is 1050. The first-order valence-electron chi connectivity index (χ1n) is 9.72. The largest absolute Gasteiger partial charge is 0.378 e. The molecule has 0 aliphatic carbocycles. The van der Waals surface area contributed by atoms with Gasteiger partial charge in [-0.25, -0.2) is 0 Å². The van der Waals surface area contributed by atoms with Gasteiger partial charge >= 0.3 is 0 Å². The zero-order valence-electron chi connectivity index (χ0n) is 16.3. The number of carbonyl (C=O) groups excluding carboxylic acids is 2. The van der Waals surface area contributed by atoms with E-state index in [4.69, 9.17) is 4.74 Å². The second-order valence-corrected chi connectivity index (χ2v) is 8.91. The zero-order chi connectivity index (χ0) is 20.9. The van der Waals surface area contributed by atoms with Crippen LogP contribution in [0.5, 0.6) is 0 Å². The molecule has 30 heavy (non-hydrogen) atoms. The summed E-state index contributed by atoms with van der Waals surface area (Å²) in [6.07, 6.45) is 1.97. The van der Waals surface area contributed by atoms with Crippen LogP contribution in [0.25, 0.3) is 10.9 Å². The average molecular weight is 488 g/mol. The summed E-state index contributed by atoms with van der Waals surface area (Å²) >= 11 is 4.87. The number of amides is 2. The summed E-state index contributed by atoms with van der Waals surface area (Å²) in [5, 5.41) is 3.96. The molecule has 1 fully saturated rings. The predicted octanol–water partition coefficient (Wildman–Crippen LogP) is 3.99. The molecule has 1 aliphatic heterocycles. The van der Waals surface area contributed by atoms with Crippen LogP contribution in [0, 0.1) is 0 Å². The fourth-order valence-corrected chi connectivity index (χ4v) is 4.54. The SMILES string of the molecule is O=C(CSc1cn(CC(=O)N2CCOCC2)c2ccccc12)Nc1ccc(Br)cc1. The molecular formula is C22H22BrN3O3S. The summed E-state index contributed by atoms with van der Waals surface area (Å²) in [7, 11) is 0. The third kappa shape index (κ3) is 5.06. The van der Waals surface area contributed by atoms with E-state index in [1.807, 2.05) is 64.2 Å². The molecule has 0 saturated carbocycles. The number of hydrogen-bond donors (Lipinski definition) is 1. The van der Waals surface area contributed by atoms with Crippen LogP contribution in [0.2, 0.25) is 0 Å². The summed E-state index contributed by atoms with van der Waals surface area (Å²) in [4.78, 5) is 27.9. The minimum atomic E-state index is -0.0662. The maximum atomic E-state index is 12.7. The van der Waals surface area contributed by atoms with Crippen LogP contribution < -0.4 is 5.32 Å². The lowest BCUT2D eigenvalue weighted by Crippen LogP contribution is -2.42. The molecule has 0 bridgehead atoms. The Labute approximate surface area is 187 Å². The van der Waals surface area contributed by atoms with Gasteiger partial charge in [0.1, 0.15) is 6.54 Å². The molecule has 1 N–H and O–H groups in total. The van der Waals surface area contributed by atoms with Crippen molar-refractivity contribution in [3.05, 3.63) is 59.2 Å². The van der Waals surface area contributed by atoms with E-state index < -0.39 is 0 Å². The molecule has 1 saturated heterocycles. The van der Waals surface area contributed by atoms with Crippen LogP contribution >= 0.6 is 27.7 Å². The minimum absolute atomic E-state index is 0.0662. The Hall–Kier alpha value is -2.29. The molecule has 2 aromatic carbocycles. The van der Waals surface area contributed by atoms with E-state index in [1.165, 1.54) is 11.8 Å². The molecule has 1 aliphatic rings. The number of thioether (sulfide) groups is 1. The maximum absolute atomic E-state index is 12.7. The van der Waals surface area contributed by atoms with Gasteiger partial charge in [-0.05, 0) is 30.3 Å². The lowest BCUT2D eigenvalue weighted by Gasteiger charge is -2.27. The first kappa shape index (κ1) is 21.0. The molecule has 0 radical (unpaired) electrons. The lowest BCUT2D eigenvalue weighted by atomic mass is 10.2. The number of fused-ring (bicyclic) bond motifs is 1.